The summed E-state index contributed by atoms with van der Waals surface area (Å²) in [5.41, 5.74) is -0.224. The van der Waals surface area contributed by atoms with Crippen molar-refractivity contribution in [2.24, 2.45) is 0 Å². The van der Waals surface area contributed by atoms with E-state index in [1.54, 1.807) is 6.26 Å². The molecule has 0 saturated heterocycles. The fourth-order valence-corrected chi connectivity index (χ4v) is 1.29. The van der Waals surface area contributed by atoms with Gasteiger partial charge in [-0.25, -0.2) is 0 Å². The first-order chi connectivity index (χ1) is 5.83. The molecule has 0 aromatic heterocycles. The maximum Gasteiger partial charge on any atom is 0.133 e. The van der Waals surface area contributed by atoms with E-state index in [0.29, 0.717) is 0 Å². The predicted octanol–water partition coefficient (Wildman–Crippen LogP) is 2.98. The van der Waals surface area contributed by atoms with E-state index in [-0.39, 0.29) is 5.60 Å². The topological polar surface area (TPSA) is 9.23 Å². The average Bonchev–Trinajstić information content (AvgIpc) is 2.07. The first-order valence-corrected chi connectivity index (χ1v) is 4.07. The normalized spacial score (nSPS) is 18.3. The van der Waals surface area contributed by atoms with Gasteiger partial charge in [-0.3, -0.25) is 0 Å². The van der Waals surface area contributed by atoms with Crippen LogP contribution in [0.5, 0.6) is 0 Å². The van der Waals surface area contributed by atoms with Crippen molar-refractivity contribution >= 4 is 0 Å². The van der Waals surface area contributed by atoms with Crippen molar-refractivity contribution in [1.82, 2.24) is 0 Å². The Balaban J connectivity index is 2.71. The van der Waals surface area contributed by atoms with Crippen molar-refractivity contribution < 1.29 is 4.74 Å². The van der Waals surface area contributed by atoms with Gasteiger partial charge in [0.2, 0.25) is 0 Å². The Morgan fingerprint density at radius 3 is 2.25 bits per heavy atom. The quantitative estimate of drug-likeness (QED) is 0.577. The lowest BCUT2D eigenvalue weighted by Gasteiger charge is -2.29. The monoisotopic (exact) mass is 162 g/mol. The number of rotatable bonds is 4. The maximum absolute atomic E-state index is 5.54. The Labute approximate surface area is 73.7 Å². The van der Waals surface area contributed by atoms with Gasteiger partial charge < -0.3 is 4.74 Å². The third kappa shape index (κ3) is 1.88. The molecule has 0 bridgehead atoms. The molecule has 1 heterocycles. The number of hydrogen-bond donors (Lipinski definition) is 0. The van der Waals surface area contributed by atoms with Crippen LogP contribution in [-0.4, -0.2) is 5.60 Å². The van der Waals surface area contributed by atoms with Crippen LogP contribution >= 0.6 is 0 Å². The zero-order valence-electron chi connectivity index (χ0n) is 7.20. The molecule has 0 aromatic carbocycles. The smallest absolute Gasteiger partial charge is 0.133 e. The van der Waals surface area contributed by atoms with Gasteiger partial charge in [-0.1, -0.05) is 18.2 Å². The van der Waals surface area contributed by atoms with Crippen LogP contribution in [0.25, 0.3) is 0 Å². The summed E-state index contributed by atoms with van der Waals surface area (Å²) in [6, 6.07) is 0. The summed E-state index contributed by atoms with van der Waals surface area (Å²) in [6.07, 6.45) is 13.0. The minimum absolute atomic E-state index is 0.224. The molecule has 0 amide bonds. The first kappa shape index (κ1) is 8.85. The Morgan fingerprint density at radius 2 is 1.83 bits per heavy atom. The summed E-state index contributed by atoms with van der Waals surface area (Å²) in [7, 11) is 0. The molecule has 0 aliphatic carbocycles. The highest BCUT2D eigenvalue weighted by Gasteiger charge is 2.25. The van der Waals surface area contributed by atoms with Crippen LogP contribution in [0.2, 0.25) is 0 Å². The zero-order chi connectivity index (χ0) is 8.86. The summed E-state index contributed by atoms with van der Waals surface area (Å²) in [5.74, 6) is 0. The van der Waals surface area contributed by atoms with Crippen molar-refractivity contribution in [1.29, 1.82) is 0 Å². The van der Waals surface area contributed by atoms with Gasteiger partial charge >= 0.3 is 0 Å². The van der Waals surface area contributed by atoms with Crippen LogP contribution in [0.1, 0.15) is 12.8 Å². The van der Waals surface area contributed by atoms with Gasteiger partial charge in [0.15, 0.2) is 0 Å². The van der Waals surface area contributed by atoms with Crippen LogP contribution in [0.15, 0.2) is 49.8 Å². The standard InChI is InChI=1S/C11H14O/c1-3-7-11(8-4-2)9-5-6-10-12-11/h3-6,9-10H,1-2,7-8H2. The summed E-state index contributed by atoms with van der Waals surface area (Å²) < 4.78 is 5.54. The summed E-state index contributed by atoms with van der Waals surface area (Å²) >= 11 is 0. The SMILES string of the molecule is C=CCC1(CC=C)C=CC=CO1. The van der Waals surface area contributed by atoms with E-state index in [9.17, 15) is 0 Å². The molecule has 1 nitrogen and oxygen atoms in total. The van der Waals surface area contributed by atoms with E-state index in [4.69, 9.17) is 4.74 Å². The molecular formula is C11H14O. The van der Waals surface area contributed by atoms with E-state index in [1.165, 1.54) is 0 Å². The molecule has 0 unspecified atom stereocenters. The van der Waals surface area contributed by atoms with Gasteiger partial charge in [0.05, 0.1) is 6.26 Å². The molecule has 0 fully saturated rings. The molecule has 0 saturated carbocycles. The molecule has 0 radical (unpaired) electrons. The molecule has 0 spiro atoms. The van der Waals surface area contributed by atoms with Crippen LogP contribution in [0.4, 0.5) is 0 Å². The molecule has 1 heteroatoms. The molecule has 64 valence electrons. The van der Waals surface area contributed by atoms with Gasteiger partial charge in [-0.2, -0.15) is 0 Å². The average molecular weight is 162 g/mol. The molecule has 0 atom stereocenters. The van der Waals surface area contributed by atoms with E-state index in [0.717, 1.165) is 12.8 Å². The maximum atomic E-state index is 5.54. The van der Waals surface area contributed by atoms with Crippen molar-refractivity contribution in [2.75, 3.05) is 0 Å². The van der Waals surface area contributed by atoms with E-state index in [1.807, 2.05) is 24.3 Å². The van der Waals surface area contributed by atoms with E-state index < -0.39 is 0 Å². The Kier molecular flexibility index (Phi) is 2.92. The highest BCUT2D eigenvalue weighted by atomic mass is 16.5. The minimum Gasteiger partial charge on any atom is -0.490 e. The van der Waals surface area contributed by atoms with Crippen molar-refractivity contribution in [2.45, 2.75) is 18.4 Å². The van der Waals surface area contributed by atoms with Crippen molar-refractivity contribution in [3.8, 4) is 0 Å². The highest BCUT2D eigenvalue weighted by molar-refractivity contribution is 5.17. The fraction of sp³-hybridized carbons (Fsp3) is 0.273. The third-order valence-corrected chi connectivity index (χ3v) is 1.87. The molecule has 12 heavy (non-hydrogen) atoms. The number of hydrogen-bond acceptors (Lipinski definition) is 1. The van der Waals surface area contributed by atoms with Crippen molar-refractivity contribution in [3.63, 3.8) is 0 Å². The number of allylic oxidation sites excluding steroid dienone is 2. The Morgan fingerprint density at radius 1 is 1.17 bits per heavy atom. The lowest BCUT2D eigenvalue weighted by atomic mass is 9.94. The van der Waals surface area contributed by atoms with Crippen LogP contribution in [0.3, 0.4) is 0 Å². The third-order valence-electron chi connectivity index (χ3n) is 1.87. The molecule has 0 aromatic rings. The summed E-state index contributed by atoms with van der Waals surface area (Å²) in [6.45, 7) is 7.42. The highest BCUT2D eigenvalue weighted by Crippen LogP contribution is 2.26. The van der Waals surface area contributed by atoms with Gasteiger partial charge in [0.1, 0.15) is 5.60 Å². The minimum atomic E-state index is -0.224. The summed E-state index contributed by atoms with van der Waals surface area (Å²) in [4.78, 5) is 0. The van der Waals surface area contributed by atoms with E-state index in [2.05, 4.69) is 19.2 Å². The largest absolute Gasteiger partial charge is 0.490 e. The second-order valence-corrected chi connectivity index (χ2v) is 2.86. The molecule has 0 N–H and O–H groups in total. The lowest BCUT2D eigenvalue weighted by Crippen LogP contribution is -2.27. The lowest BCUT2D eigenvalue weighted by molar-refractivity contribution is 0.0706. The molecular weight excluding hydrogens is 148 g/mol. The second-order valence-electron chi connectivity index (χ2n) is 2.86. The van der Waals surface area contributed by atoms with Crippen LogP contribution < -0.4 is 0 Å². The fourth-order valence-electron chi connectivity index (χ4n) is 1.29. The van der Waals surface area contributed by atoms with Gasteiger partial charge in [-0.05, 0) is 12.2 Å². The van der Waals surface area contributed by atoms with E-state index >= 15 is 0 Å². The predicted molar refractivity (Wildman–Crippen MR) is 51.7 cm³/mol. The molecule has 1 aliphatic rings. The van der Waals surface area contributed by atoms with Crippen LogP contribution in [0, 0.1) is 0 Å². The Hall–Kier alpha value is -1.24. The number of ether oxygens (including phenoxy) is 1. The van der Waals surface area contributed by atoms with Gasteiger partial charge in [-0.15, -0.1) is 13.2 Å². The second kappa shape index (κ2) is 3.96. The first-order valence-electron chi connectivity index (χ1n) is 4.07. The zero-order valence-corrected chi connectivity index (χ0v) is 7.20. The molecule has 1 rings (SSSR count). The van der Waals surface area contributed by atoms with Gasteiger partial charge in [0, 0.05) is 12.8 Å². The molecule has 1 aliphatic heterocycles. The Bertz CT molecular complexity index is 208. The van der Waals surface area contributed by atoms with Gasteiger partial charge in [0.25, 0.3) is 0 Å². The van der Waals surface area contributed by atoms with Crippen LogP contribution in [-0.2, 0) is 4.74 Å². The van der Waals surface area contributed by atoms with Crippen molar-refractivity contribution in [3.05, 3.63) is 49.8 Å². The summed E-state index contributed by atoms with van der Waals surface area (Å²) in [5, 5.41) is 0.